The third-order valence-corrected chi connectivity index (χ3v) is 8.45. The second-order valence-corrected chi connectivity index (χ2v) is 10.8. The summed E-state index contributed by atoms with van der Waals surface area (Å²) >= 11 is 1.21. The van der Waals surface area contributed by atoms with E-state index in [-0.39, 0.29) is 28.3 Å². The van der Waals surface area contributed by atoms with E-state index in [2.05, 4.69) is 10.3 Å². The van der Waals surface area contributed by atoms with Crippen LogP contribution in [-0.4, -0.2) is 56.3 Å². The van der Waals surface area contributed by atoms with Gasteiger partial charge in [-0.15, -0.1) is 11.3 Å². The van der Waals surface area contributed by atoms with Crippen molar-refractivity contribution in [1.29, 1.82) is 0 Å². The number of methoxy groups -OCH3 is 1. The Morgan fingerprint density at radius 1 is 1.10 bits per heavy atom. The number of nitrogens with zero attached hydrogens (tertiary/aromatic N) is 3. The fourth-order valence-corrected chi connectivity index (χ4v) is 6.55. The summed E-state index contributed by atoms with van der Waals surface area (Å²) in [6.45, 7) is 1.63. The van der Waals surface area contributed by atoms with Crippen LogP contribution in [0.5, 0.6) is 11.5 Å². The summed E-state index contributed by atoms with van der Waals surface area (Å²) in [6.07, 6.45) is 0.347. The lowest BCUT2D eigenvalue weighted by Crippen LogP contribution is -2.47. The fourth-order valence-electron chi connectivity index (χ4n) is 5.31. The summed E-state index contributed by atoms with van der Waals surface area (Å²) in [5.41, 5.74) is 3.96. The maximum absolute atomic E-state index is 13.2. The minimum Gasteiger partial charge on any atom is -0.507 e. The number of amides is 1. The number of phenols is 1. The van der Waals surface area contributed by atoms with Crippen molar-refractivity contribution in [2.24, 2.45) is 0 Å². The first kappa shape index (κ1) is 24.9. The molecule has 0 saturated carbocycles. The summed E-state index contributed by atoms with van der Waals surface area (Å²) in [5.74, 6) is -0.741. The van der Waals surface area contributed by atoms with E-state index >= 15 is 0 Å². The number of carbonyl (C=O) groups excluding carboxylic acids is 1. The maximum Gasteiger partial charge on any atom is 0.340 e. The molecule has 12 heteroatoms. The summed E-state index contributed by atoms with van der Waals surface area (Å²) in [7, 11) is 1.60. The Hall–Kier alpha value is -4.42. The van der Waals surface area contributed by atoms with Gasteiger partial charge in [-0.2, -0.15) is 4.68 Å². The maximum atomic E-state index is 13.2. The zero-order valence-corrected chi connectivity index (χ0v) is 21.7. The molecule has 0 spiro atoms. The first-order valence-electron chi connectivity index (χ1n) is 12.2. The van der Waals surface area contributed by atoms with Crippen molar-refractivity contribution in [3.63, 3.8) is 0 Å². The Bertz CT molecular complexity index is 1660. The number of carboxylic acid groups (broad SMARTS) is 1. The molecule has 2 aromatic heterocycles. The number of benzene rings is 2. The van der Waals surface area contributed by atoms with E-state index in [1.54, 1.807) is 18.1 Å². The number of aromatic nitrogens is 1. The van der Waals surface area contributed by atoms with E-state index < -0.39 is 17.1 Å². The lowest BCUT2D eigenvalue weighted by atomic mass is 9.95. The highest BCUT2D eigenvalue weighted by molar-refractivity contribution is 7.16. The third kappa shape index (κ3) is 4.37. The van der Waals surface area contributed by atoms with Crippen LogP contribution in [-0.2, 0) is 26.1 Å². The van der Waals surface area contributed by atoms with Crippen molar-refractivity contribution >= 4 is 28.2 Å². The molecule has 1 amide bonds. The molecule has 1 atom stereocenters. The van der Waals surface area contributed by atoms with Gasteiger partial charge in [0.2, 0.25) is 0 Å². The van der Waals surface area contributed by atoms with E-state index in [9.17, 15) is 29.4 Å². The summed E-state index contributed by atoms with van der Waals surface area (Å²) < 4.78 is 6.06. The SMILES string of the molecule is COc1ccc(CN2Cc3sc(Nn4c(=O)c4=O)c(C(=O)O)c3CC2CN2Cc3cccc(O)c3C2=O)cc1. The number of carbonyl (C=O) groups is 2. The molecule has 6 rings (SSSR count). The molecule has 0 radical (unpaired) electrons. The third-order valence-electron chi connectivity index (χ3n) is 7.33. The van der Waals surface area contributed by atoms with Gasteiger partial charge in [0.15, 0.2) is 0 Å². The first-order valence-corrected chi connectivity index (χ1v) is 13.1. The van der Waals surface area contributed by atoms with Gasteiger partial charge in [0.1, 0.15) is 16.5 Å². The van der Waals surface area contributed by atoms with Gasteiger partial charge >= 0.3 is 17.1 Å². The predicted molar refractivity (Wildman–Crippen MR) is 142 cm³/mol. The minimum absolute atomic E-state index is 0.0327. The molecule has 0 saturated heterocycles. The second-order valence-electron chi connectivity index (χ2n) is 9.68. The molecule has 0 bridgehead atoms. The normalized spacial score (nSPS) is 16.9. The van der Waals surface area contributed by atoms with E-state index in [1.807, 2.05) is 30.3 Å². The summed E-state index contributed by atoms with van der Waals surface area (Å²) in [5, 5.41) is 20.5. The molecule has 3 N–H and O–H groups in total. The lowest BCUT2D eigenvalue weighted by Gasteiger charge is -2.38. The molecular formula is C27H24N4O7S. The number of rotatable bonds is 8. The van der Waals surface area contributed by atoms with Crippen LogP contribution in [0, 0.1) is 0 Å². The van der Waals surface area contributed by atoms with Gasteiger partial charge in [-0.3, -0.25) is 24.7 Å². The van der Waals surface area contributed by atoms with Gasteiger partial charge in [-0.25, -0.2) is 4.79 Å². The molecule has 4 heterocycles. The quantitative estimate of drug-likeness (QED) is 0.282. The Labute approximate surface area is 225 Å². The van der Waals surface area contributed by atoms with Crippen molar-refractivity contribution in [2.45, 2.75) is 32.1 Å². The molecule has 4 aromatic rings. The van der Waals surface area contributed by atoms with Crippen LogP contribution in [0.2, 0.25) is 0 Å². The average Bonchev–Trinajstić information content (AvgIpc) is 3.20. The van der Waals surface area contributed by atoms with Crippen molar-refractivity contribution in [2.75, 3.05) is 19.1 Å². The number of hydrogen-bond donors (Lipinski definition) is 3. The number of phenolic OH excluding ortho intramolecular Hbond substituents is 1. The van der Waals surface area contributed by atoms with Gasteiger partial charge in [-0.05, 0) is 41.3 Å². The molecule has 2 aromatic carbocycles. The zero-order valence-electron chi connectivity index (χ0n) is 20.8. The fraction of sp³-hybridized carbons (Fsp3) is 0.259. The largest absolute Gasteiger partial charge is 0.507 e. The predicted octanol–water partition coefficient (Wildman–Crippen LogP) is 2.02. The smallest absolute Gasteiger partial charge is 0.340 e. The van der Waals surface area contributed by atoms with Gasteiger partial charge in [-0.1, -0.05) is 24.3 Å². The van der Waals surface area contributed by atoms with Crippen LogP contribution < -0.4 is 21.3 Å². The molecule has 1 unspecified atom stereocenters. The standard InChI is InChI=1S/C27H24N4O7S/c1-38-17-7-5-14(6-8-17)10-29-13-20-18(22(27(36)37)23(39-20)28-31-25(34)26(31)35)9-16(29)12-30-11-15-3-2-4-19(32)21(15)24(30)33/h2-8,16,28,32H,9-13H2,1H3,(H,36,37). The van der Waals surface area contributed by atoms with Gasteiger partial charge in [0.05, 0.1) is 18.2 Å². The Morgan fingerprint density at radius 3 is 2.49 bits per heavy atom. The number of nitrogens with one attached hydrogen (secondary N) is 1. The lowest BCUT2D eigenvalue weighted by molar-refractivity contribution is 0.0651. The number of anilines is 1. The van der Waals surface area contributed by atoms with Gasteiger partial charge < -0.3 is 19.8 Å². The number of ether oxygens (including phenoxy) is 1. The summed E-state index contributed by atoms with van der Waals surface area (Å²) in [6, 6.07) is 12.4. The Morgan fingerprint density at radius 2 is 1.85 bits per heavy atom. The molecule has 11 nitrogen and oxygen atoms in total. The first-order chi connectivity index (χ1) is 18.7. The van der Waals surface area contributed by atoms with Gasteiger partial charge in [0.25, 0.3) is 5.91 Å². The number of carboxylic acids is 1. The topological polar surface area (TPSA) is 141 Å². The van der Waals surface area contributed by atoms with E-state index in [0.29, 0.717) is 43.7 Å². The number of aromatic carboxylic acids is 1. The highest BCUT2D eigenvalue weighted by atomic mass is 32.1. The van der Waals surface area contributed by atoms with Gasteiger partial charge in [0, 0.05) is 37.1 Å². The average molecular weight is 549 g/mol. The molecule has 2 aliphatic heterocycles. The molecule has 200 valence electrons. The Balaban J connectivity index is 1.33. The monoisotopic (exact) mass is 548 g/mol. The second kappa shape index (κ2) is 9.40. The molecular weight excluding hydrogens is 524 g/mol. The van der Waals surface area contributed by atoms with Crippen molar-refractivity contribution in [1.82, 2.24) is 14.5 Å². The van der Waals surface area contributed by atoms with E-state index in [4.69, 9.17) is 4.74 Å². The molecule has 39 heavy (non-hydrogen) atoms. The van der Waals surface area contributed by atoms with Crippen molar-refractivity contribution in [3.05, 3.63) is 95.9 Å². The van der Waals surface area contributed by atoms with Crippen LogP contribution in [0.3, 0.4) is 0 Å². The number of thiophene rings is 1. The van der Waals surface area contributed by atoms with Crippen LogP contribution in [0.25, 0.3) is 0 Å². The van der Waals surface area contributed by atoms with E-state index in [1.165, 1.54) is 17.4 Å². The van der Waals surface area contributed by atoms with Crippen LogP contribution in [0.4, 0.5) is 5.00 Å². The molecule has 0 fully saturated rings. The number of hydrogen-bond acceptors (Lipinski definition) is 9. The van der Waals surface area contributed by atoms with Crippen LogP contribution in [0.15, 0.2) is 52.1 Å². The van der Waals surface area contributed by atoms with E-state index in [0.717, 1.165) is 26.4 Å². The number of fused-ring (bicyclic) bond motifs is 2. The van der Waals surface area contributed by atoms with Crippen molar-refractivity contribution in [3.8, 4) is 11.5 Å². The Kier molecular flexibility index (Phi) is 6.00. The zero-order chi connectivity index (χ0) is 27.4. The van der Waals surface area contributed by atoms with Crippen molar-refractivity contribution < 1.29 is 24.5 Å². The van der Waals surface area contributed by atoms with Crippen LogP contribution >= 0.6 is 11.3 Å². The number of aromatic hydroxyl groups is 1. The highest BCUT2D eigenvalue weighted by Gasteiger charge is 2.38. The summed E-state index contributed by atoms with van der Waals surface area (Å²) in [4.78, 5) is 53.3. The molecule has 0 aliphatic carbocycles. The highest BCUT2D eigenvalue weighted by Crippen LogP contribution is 2.40. The van der Waals surface area contributed by atoms with Crippen LogP contribution in [0.1, 0.15) is 42.3 Å². The minimum atomic E-state index is -1.16. The molecule has 2 aliphatic rings.